The van der Waals surface area contributed by atoms with Crippen LogP contribution in [0, 0.1) is 0 Å². The van der Waals surface area contributed by atoms with Gasteiger partial charge in [-0.05, 0) is 29.3 Å². The second-order valence-electron chi connectivity index (χ2n) is 6.55. The van der Waals surface area contributed by atoms with E-state index in [2.05, 4.69) is 0 Å². The van der Waals surface area contributed by atoms with Crippen LogP contribution < -0.4 is 4.90 Å². The van der Waals surface area contributed by atoms with E-state index in [1.165, 1.54) is 4.31 Å². The first-order chi connectivity index (χ1) is 12.5. The van der Waals surface area contributed by atoms with Crippen molar-refractivity contribution < 1.29 is 17.9 Å². The van der Waals surface area contributed by atoms with E-state index in [0.29, 0.717) is 13.2 Å². The third-order valence-electron chi connectivity index (χ3n) is 4.97. The van der Waals surface area contributed by atoms with Gasteiger partial charge in [-0.25, -0.2) is 8.42 Å². The summed E-state index contributed by atoms with van der Waals surface area (Å²) in [7, 11) is -1.93. The Bertz CT molecular complexity index is 943. The van der Waals surface area contributed by atoms with Crippen LogP contribution in [0.5, 0.6) is 0 Å². The molecule has 136 valence electrons. The Kier molecular flexibility index (Phi) is 4.30. The van der Waals surface area contributed by atoms with Gasteiger partial charge in [-0.15, -0.1) is 0 Å². The fourth-order valence-electron chi connectivity index (χ4n) is 3.47. The molecule has 0 aliphatic carbocycles. The maximum absolute atomic E-state index is 13.1. The normalized spacial score (nSPS) is 21.0. The highest BCUT2D eigenvalue weighted by molar-refractivity contribution is 7.89. The van der Waals surface area contributed by atoms with Crippen molar-refractivity contribution in [2.45, 2.75) is 17.4 Å². The highest BCUT2D eigenvalue weighted by Gasteiger charge is 2.33. The number of hydrogen-bond acceptors (Lipinski definition) is 4. The van der Waals surface area contributed by atoms with Gasteiger partial charge in [0.05, 0.1) is 24.0 Å². The third-order valence-corrected chi connectivity index (χ3v) is 6.83. The molecule has 0 N–H and O–H groups in total. The van der Waals surface area contributed by atoms with Gasteiger partial charge in [-0.2, -0.15) is 4.31 Å². The lowest BCUT2D eigenvalue weighted by molar-refractivity contribution is -0.117. The summed E-state index contributed by atoms with van der Waals surface area (Å²) < 4.78 is 33.4. The average molecular weight is 372 g/mol. The molecule has 1 unspecified atom stereocenters. The van der Waals surface area contributed by atoms with Crippen molar-refractivity contribution in [3.63, 3.8) is 0 Å². The Morgan fingerprint density at radius 2 is 1.88 bits per heavy atom. The average Bonchev–Trinajstić information content (AvgIpc) is 2.96. The van der Waals surface area contributed by atoms with Gasteiger partial charge < -0.3 is 9.64 Å². The third kappa shape index (κ3) is 2.92. The van der Waals surface area contributed by atoms with E-state index in [4.69, 9.17) is 4.74 Å². The highest BCUT2D eigenvalue weighted by Crippen LogP contribution is 2.32. The molecule has 1 amide bonds. The number of fused-ring (bicyclic) bond motifs is 1. The number of carbonyl (C=O) groups excluding carboxylic acids is 1. The molecule has 0 spiro atoms. The van der Waals surface area contributed by atoms with Crippen LogP contribution in [0.25, 0.3) is 0 Å². The molecule has 1 fully saturated rings. The number of anilines is 1. The monoisotopic (exact) mass is 372 g/mol. The van der Waals surface area contributed by atoms with E-state index in [9.17, 15) is 13.2 Å². The first-order valence-electron chi connectivity index (χ1n) is 8.53. The predicted molar refractivity (Wildman–Crippen MR) is 97.4 cm³/mol. The fraction of sp³-hybridized carbons (Fsp3) is 0.316. The molecule has 4 rings (SSSR count). The minimum Gasteiger partial charge on any atom is -0.371 e. The maximum atomic E-state index is 13.1. The van der Waals surface area contributed by atoms with E-state index >= 15 is 0 Å². The molecule has 0 radical (unpaired) electrons. The quantitative estimate of drug-likeness (QED) is 0.826. The molecule has 1 atom stereocenters. The number of amides is 1. The van der Waals surface area contributed by atoms with Crippen molar-refractivity contribution in [1.29, 1.82) is 0 Å². The number of likely N-dealkylation sites (N-methyl/N-ethyl adjacent to an activating group) is 1. The Morgan fingerprint density at radius 1 is 1.12 bits per heavy atom. The summed E-state index contributed by atoms with van der Waals surface area (Å²) >= 11 is 0. The fourth-order valence-corrected chi connectivity index (χ4v) is 4.95. The van der Waals surface area contributed by atoms with E-state index in [1.54, 1.807) is 30.1 Å². The minimum atomic E-state index is -3.64. The van der Waals surface area contributed by atoms with E-state index in [1.807, 2.05) is 30.3 Å². The number of morpholine rings is 1. The smallest absolute Gasteiger partial charge is 0.243 e. The summed E-state index contributed by atoms with van der Waals surface area (Å²) in [6.45, 7) is 0.953. The van der Waals surface area contributed by atoms with Crippen LogP contribution in [0.1, 0.15) is 17.2 Å². The zero-order chi connectivity index (χ0) is 18.3. The minimum absolute atomic E-state index is 0.0231. The molecule has 0 saturated carbocycles. The van der Waals surface area contributed by atoms with Gasteiger partial charge in [0.15, 0.2) is 0 Å². The van der Waals surface area contributed by atoms with Crippen LogP contribution >= 0.6 is 0 Å². The standard InChI is InChI=1S/C19H20N2O4S/c1-20-17-8-7-16(11-15(17)12-19(20)22)26(23,24)21-9-10-25-18(13-21)14-5-3-2-4-6-14/h2-8,11,18H,9-10,12-13H2,1H3. The largest absolute Gasteiger partial charge is 0.371 e. The number of sulfonamides is 1. The van der Waals surface area contributed by atoms with Crippen LogP contribution in [-0.2, 0) is 26.0 Å². The Morgan fingerprint density at radius 3 is 2.65 bits per heavy atom. The molecule has 2 aliphatic heterocycles. The van der Waals surface area contributed by atoms with Crippen molar-refractivity contribution in [3.05, 3.63) is 59.7 Å². The number of carbonyl (C=O) groups is 1. The molecule has 0 aromatic heterocycles. The van der Waals surface area contributed by atoms with Crippen LogP contribution in [0.3, 0.4) is 0 Å². The van der Waals surface area contributed by atoms with Crippen molar-refractivity contribution in [2.75, 3.05) is 31.6 Å². The Hall–Kier alpha value is -2.22. The zero-order valence-electron chi connectivity index (χ0n) is 14.5. The van der Waals surface area contributed by atoms with Crippen molar-refractivity contribution >= 4 is 21.6 Å². The van der Waals surface area contributed by atoms with E-state index in [0.717, 1.165) is 16.8 Å². The van der Waals surface area contributed by atoms with Gasteiger partial charge in [-0.3, -0.25) is 4.79 Å². The second kappa shape index (κ2) is 6.50. The molecule has 1 saturated heterocycles. The topological polar surface area (TPSA) is 66.9 Å². The summed E-state index contributed by atoms with van der Waals surface area (Å²) in [6.07, 6.45) is -0.0350. The Balaban J connectivity index is 1.61. The molecule has 2 aromatic rings. The summed E-state index contributed by atoms with van der Waals surface area (Å²) in [4.78, 5) is 13.6. The molecule has 2 aromatic carbocycles. The van der Waals surface area contributed by atoms with Crippen LogP contribution in [-0.4, -0.2) is 45.4 Å². The maximum Gasteiger partial charge on any atom is 0.243 e. The van der Waals surface area contributed by atoms with Gasteiger partial charge in [0.2, 0.25) is 15.9 Å². The first kappa shape index (κ1) is 17.2. The van der Waals surface area contributed by atoms with Crippen LogP contribution in [0.2, 0.25) is 0 Å². The van der Waals surface area contributed by atoms with Gasteiger partial charge in [-0.1, -0.05) is 30.3 Å². The molecular weight excluding hydrogens is 352 g/mol. The van der Waals surface area contributed by atoms with Crippen LogP contribution in [0.4, 0.5) is 5.69 Å². The van der Waals surface area contributed by atoms with E-state index in [-0.39, 0.29) is 29.9 Å². The molecule has 6 nitrogen and oxygen atoms in total. The number of nitrogens with zero attached hydrogens (tertiary/aromatic N) is 2. The summed E-state index contributed by atoms with van der Waals surface area (Å²) in [6, 6.07) is 14.6. The lowest BCUT2D eigenvalue weighted by Crippen LogP contribution is -2.42. The molecule has 7 heteroatoms. The molecule has 26 heavy (non-hydrogen) atoms. The van der Waals surface area contributed by atoms with Gasteiger partial charge in [0.25, 0.3) is 0 Å². The van der Waals surface area contributed by atoms with Crippen LogP contribution in [0.15, 0.2) is 53.4 Å². The van der Waals surface area contributed by atoms with E-state index < -0.39 is 10.0 Å². The molecule has 2 aliphatic rings. The lowest BCUT2D eigenvalue weighted by atomic mass is 10.1. The lowest BCUT2D eigenvalue weighted by Gasteiger charge is -2.32. The number of ether oxygens (including phenoxy) is 1. The number of hydrogen-bond donors (Lipinski definition) is 0. The van der Waals surface area contributed by atoms with Gasteiger partial charge in [0.1, 0.15) is 0 Å². The van der Waals surface area contributed by atoms with Crippen molar-refractivity contribution in [1.82, 2.24) is 4.31 Å². The number of rotatable bonds is 3. The number of benzene rings is 2. The summed E-state index contributed by atoms with van der Waals surface area (Å²) in [5.74, 6) is -0.0231. The molecule has 2 heterocycles. The van der Waals surface area contributed by atoms with Crippen molar-refractivity contribution in [3.8, 4) is 0 Å². The van der Waals surface area contributed by atoms with Gasteiger partial charge in [0, 0.05) is 25.8 Å². The molecule has 0 bridgehead atoms. The van der Waals surface area contributed by atoms with Gasteiger partial charge >= 0.3 is 0 Å². The second-order valence-corrected chi connectivity index (χ2v) is 8.49. The SMILES string of the molecule is CN1C(=O)Cc2cc(S(=O)(=O)N3CCOC(c4ccccc4)C3)ccc21. The first-order valence-corrected chi connectivity index (χ1v) is 9.97. The Labute approximate surface area is 153 Å². The summed E-state index contributed by atoms with van der Waals surface area (Å²) in [5, 5.41) is 0. The predicted octanol–water partition coefficient (Wildman–Crippen LogP) is 1.97. The molecular formula is C19H20N2O4S. The highest BCUT2D eigenvalue weighted by atomic mass is 32.2. The summed E-state index contributed by atoms with van der Waals surface area (Å²) in [5.41, 5.74) is 2.50. The van der Waals surface area contributed by atoms with Crippen molar-refractivity contribution in [2.24, 2.45) is 0 Å². The zero-order valence-corrected chi connectivity index (χ0v) is 15.3.